The van der Waals surface area contributed by atoms with Gasteiger partial charge in [0.15, 0.2) is 0 Å². The van der Waals surface area contributed by atoms with Gasteiger partial charge in [-0.15, -0.1) is 0 Å². The van der Waals surface area contributed by atoms with Crippen molar-refractivity contribution >= 4 is 17.5 Å². The molecular formula is C12H15F3N4O. The van der Waals surface area contributed by atoms with Gasteiger partial charge in [0.1, 0.15) is 17.7 Å². The number of nitrogens with zero attached hydrogens (tertiary/aromatic N) is 2. The average Bonchev–Trinajstić information content (AvgIpc) is 2.37. The third kappa shape index (κ3) is 2.94. The minimum atomic E-state index is -4.51. The molecule has 2 heterocycles. The van der Waals surface area contributed by atoms with Gasteiger partial charge in [0, 0.05) is 6.54 Å². The van der Waals surface area contributed by atoms with Crippen LogP contribution in [0.15, 0.2) is 12.1 Å². The normalized spacial score (nSPS) is 19.9. The molecule has 1 aromatic heterocycles. The lowest BCUT2D eigenvalue weighted by Gasteiger charge is -2.34. The minimum absolute atomic E-state index is 0.0424. The minimum Gasteiger partial charge on any atom is -0.384 e. The van der Waals surface area contributed by atoms with Crippen molar-refractivity contribution in [2.24, 2.45) is 5.73 Å². The van der Waals surface area contributed by atoms with Crippen LogP contribution in [0, 0.1) is 0 Å². The standard InChI is InChI=1S/C12H15F3N4O/c13-12(14,15)7-5-9(16)18-10(6-7)19-4-2-1-3-8(19)11(17)20/h5-6,8H,1-4H2,(H2,16,18)(H2,17,20). The summed E-state index contributed by atoms with van der Waals surface area (Å²) in [6.07, 6.45) is -2.43. The number of aromatic nitrogens is 1. The molecule has 1 aromatic rings. The van der Waals surface area contributed by atoms with E-state index in [4.69, 9.17) is 11.5 Å². The molecule has 1 aliphatic rings. The fourth-order valence-electron chi connectivity index (χ4n) is 2.35. The van der Waals surface area contributed by atoms with Crippen LogP contribution in [-0.4, -0.2) is 23.5 Å². The van der Waals surface area contributed by atoms with E-state index >= 15 is 0 Å². The number of alkyl halides is 3. The lowest BCUT2D eigenvalue weighted by molar-refractivity contribution is -0.137. The number of carbonyl (C=O) groups is 1. The molecule has 0 spiro atoms. The highest BCUT2D eigenvalue weighted by Gasteiger charge is 2.34. The predicted molar refractivity (Wildman–Crippen MR) is 67.8 cm³/mol. The number of halogens is 3. The van der Waals surface area contributed by atoms with Crippen molar-refractivity contribution in [2.45, 2.75) is 31.5 Å². The van der Waals surface area contributed by atoms with E-state index in [2.05, 4.69) is 4.98 Å². The Hall–Kier alpha value is -1.99. The maximum absolute atomic E-state index is 12.8. The molecule has 1 fully saturated rings. The number of primary amides is 1. The summed E-state index contributed by atoms with van der Waals surface area (Å²) in [6.45, 7) is 0.432. The average molecular weight is 288 g/mol. The van der Waals surface area contributed by atoms with Gasteiger partial charge in [-0.05, 0) is 31.4 Å². The van der Waals surface area contributed by atoms with E-state index in [9.17, 15) is 18.0 Å². The molecule has 0 aromatic carbocycles. The maximum atomic E-state index is 12.8. The van der Waals surface area contributed by atoms with E-state index in [1.54, 1.807) is 0 Å². The molecule has 1 amide bonds. The molecule has 4 N–H and O–H groups in total. The van der Waals surface area contributed by atoms with Crippen LogP contribution in [0.3, 0.4) is 0 Å². The molecule has 0 aliphatic carbocycles. The molecule has 2 rings (SSSR count). The van der Waals surface area contributed by atoms with Crippen molar-refractivity contribution in [3.05, 3.63) is 17.7 Å². The van der Waals surface area contributed by atoms with Gasteiger partial charge in [-0.1, -0.05) is 0 Å². The van der Waals surface area contributed by atoms with E-state index in [0.29, 0.717) is 13.0 Å². The molecular weight excluding hydrogens is 273 g/mol. The number of hydrogen-bond acceptors (Lipinski definition) is 4. The molecule has 1 atom stereocenters. The highest BCUT2D eigenvalue weighted by Crippen LogP contribution is 2.33. The number of anilines is 2. The Bertz CT molecular complexity index is 518. The van der Waals surface area contributed by atoms with E-state index in [1.165, 1.54) is 4.90 Å². The zero-order valence-electron chi connectivity index (χ0n) is 10.7. The summed E-state index contributed by atoms with van der Waals surface area (Å²) in [5, 5.41) is 0. The zero-order chi connectivity index (χ0) is 14.9. The van der Waals surface area contributed by atoms with Crippen molar-refractivity contribution in [2.75, 3.05) is 17.2 Å². The lowest BCUT2D eigenvalue weighted by atomic mass is 10.0. The number of nitrogens with two attached hydrogens (primary N) is 2. The smallest absolute Gasteiger partial charge is 0.384 e. The summed E-state index contributed by atoms with van der Waals surface area (Å²) >= 11 is 0. The van der Waals surface area contributed by atoms with Gasteiger partial charge in [-0.25, -0.2) is 4.98 Å². The highest BCUT2D eigenvalue weighted by atomic mass is 19.4. The summed E-state index contributed by atoms with van der Waals surface area (Å²) in [5.41, 5.74) is 9.84. The molecule has 1 unspecified atom stereocenters. The van der Waals surface area contributed by atoms with Gasteiger partial charge in [-0.2, -0.15) is 13.2 Å². The maximum Gasteiger partial charge on any atom is 0.416 e. The molecule has 110 valence electrons. The topological polar surface area (TPSA) is 85.2 Å². The first-order valence-electron chi connectivity index (χ1n) is 6.20. The fraction of sp³-hybridized carbons (Fsp3) is 0.500. The van der Waals surface area contributed by atoms with Crippen molar-refractivity contribution in [1.29, 1.82) is 0 Å². The molecule has 1 aliphatic heterocycles. The summed E-state index contributed by atoms with van der Waals surface area (Å²) in [6, 6.07) is 1.03. The Morgan fingerprint density at radius 3 is 2.65 bits per heavy atom. The Balaban J connectivity index is 2.40. The van der Waals surface area contributed by atoms with Crippen molar-refractivity contribution in [3.8, 4) is 0 Å². The molecule has 8 heteroatoms. The summed E-state index contributed by atoms with van der Waals surface area (Å²) in [4.78, 5) is 16.8. The molecule has 5 nitrogen and oxygen atoms in total. The van der Waals surface area contributed by atoms with Crippen LogP contribution in [-0.2, 0) is 11.0 Å². The van der Waals surface area contributed by atoms with Crippen molar-refractivity contribution in [3.63, 3.8) is 0 Å². The number of rotatable bonds is 2. The van der Waals surface area contributed by atoms with E-state index in [-0.39, 0.29) is 11.6 Å². The van der Waals surface area contributed by atoms with Gasteiger partial charge in [0.05, 0.1) is 5.56 Å². The SMILES string of the molecule is NC(=O)C1CCCCN1c1cc(C(F)(F)F)cc(N)n1. The van der Waals surface area contributed by atoms with Gasteiger partial charge in [0.25, 0.3) is 0 Å². The molecule has 0 bridgehead atoms. The number of piperidine rings is 1. The van der Waals surface area contributed by atoms with Crippen LogP contribution in [0.25, 0.3) is 0 Å². The van der Waals surface area contributed by atoms with Gasteiger partial charge in [-0.3, -0.25) is 4.79 Å². The van der Waals surface area contributed by atoms with Gasteiger partial charge >= 0.3 is 6.18 Å². The molecule has 0 radical (unpaired) electrons. The van der Waals surface area contributed by atoms with Crippen LogP contribution < -0.4 is 16.4 Å². The van der Waals surface area contributed by atoms with E-state index in [1.807, 2.05) is 0 Å². The number of amides is 1. The summed E-state index contributed by atoms with van der Waals surface area (Å²) in [5.74, 6) is -0.757. The monoisotopic (exact) mass is 288 g/mol. The second-order valence-corrected chi connectivity index (χ2v) is 4.74. The van der Waals surface area contributed by atoms with E-state index in [0.717, 1.165) is 25.0 Å². The Labute approximate surface area is 113 Å². The number of pyridine rings is 1. The van der Waals surface area contributed by atoms with Crippen LogP contribution >= 0.6 is 0 Å². The van der Waals surface area contributed by atoms with Gasteiger partial charge in [0.2, 0.25) is 5.91 Å². The fourth-order valence-corrected chi connectivity index (χ4v) is 2.35. The second kappa shape index (κ2) is 5.18. The number of nitrogen functional groups attached to an aromatic ring is 1. The zero-order valence-corrected chi connectivity index (χ0v) is 10.7. The quantitative estimate of drug-likeness (QED) is 0.864. The van der Waals surface area contributed by atoms with Crippen LogP contribution in [0.5, 0.6) is 0 Å². The molecule has 1 saturated heterocycles. The largest absolute Gasteiger partial charge is 0.416 e. The van der Waals surface area contributed by atoms with Crippen LogP contribution in [0.4, 0.5) is 24.8 Å². The Morgan fingerprint density at radius 2 is 2.05 bits per heavy atom. The number of carbonyl (C=O) groups excluding carboxylic acids is 1. The van der Waals surface area contributed by atoms with E-state index < -0.39 is 23.7 Å². The van der Waals surface area contributed by atoms with Crippen molar-refractivity contribution in [1.82, 2.24) is 4.98 Å². The lowest BCUT2D eigenvalue weighted by Crippen LogP contribution is -2.48. The summed E-state index contributed by atoms with van der Waals surface area (Å²) in [7, 11) is 0. The Morgan fingerprint density at radius 1 is 1.35 bits per heavy atom. The first-order valence-corrected chi connectivity index (χ1v) is 6.20. The van der Waals surface area contributed by atoms with Crippen LogP contribution in [0.1, 0.15) is 24.8 Å². The first-order chi connectivity index (χ1) is 9.29. The number of hydrogen-bond donors (Lipinski definition) is 2. The highest BCUT2D eigenvalue weighted by molar-refractivity contribution is 5.83. The molecule has 20 heavy (non-hydrogen) atoms. The predicted octanol–water partition coefficient (Wildman–Crippen LogP) is 1.53. The second-order valence-electron chi connectivity index (χ2n) is 4.74. The first kappa shape index (κ1) is 14.4. The molecule has 0 saturated carbocycles. The van der Waals surface area contributed by atoms with Gasteiger partial charge < -0.3 is 16.4 Å². The third-order valence-corrected chi connectivity index (χ3v) is 3.28. The third-order valence-electron chi connectivity index (χ3n) is 3.28. The van der Waals surface area contributed by atoms with Crippen molar-refractivity contribution < 1.29 is 18.0 Å². The van der Waals surface area contributed by atoms with Crippen LogP contribution in [0.2, 0.25) is 0 Å². The Kier molecular flexibility index (Phi) is 3.74. The summed E-state index contributed by atoms with van der Waals surface area (Å²) < 4.78 is 38.3.